The van der Waals surface area contributed by atoms with E-state index in [-0.39, 0.29) is 36.1 Å². The summed E-state index contributed by atoms with van der Waals surface area (Å²) in [6.07, 6.45) is 0. The Kier molecular flexibility index (Phi) is 7.29. The number of rotatable bonds is 2. The van der Waals surface area contributed by atoms with Crippen molar-refractivity contribution in [1.82, 2.24) is 0 Å². The number of hydrogen-bond acceptors (Lipinski definition) is 2. The zero-order valence-electron chi connectivity index (χ0n) is 10.5. The minimum absolute atomic E-state index is 0. The molecule has 1 aromatic carbocycles. The van der Waals surface area contributed by atoms with Crippen LogP contribution in [0.3, 0.4) is 0 Å². The predicted octanol–water partition coefficient (Wildman–Crippen LogP) is 3.12. The van der Waals surface area contributed by atoms with Gasteiger partial charge in [0.2, 0.25) is 0 Å². The van der Waals surface area contributed by atoms with Gasteiger partial charge in [-0.3, -0.25) is 5.41 Å². The summed E-state index contributed by atoms with van der Waals surface area (Å²) in [6, 6.07) is 5.78. The average molecular weight is 279 g/mol. The topological polar surface area (TPSA) is 59.1 Å². The van der Waals surface area contributed by atoms with Gasteiger partial charge in [-0.15, -0.1) is 24.8 Å². The van der Waals surface area contributed by atoms with Crippen LogP contribution in [0.1, 0.15) is 31.9 Å². The summed E-state index contributed by atoms with van der Waals surface area (Å²) in [4.78, 5) is 0. The molecule has 0 saturated heterocycles. The smallest absolute Gasteiger partial charge is 0.129 e. The summed E-state index contributed by atoms with van der Waals surface area (Å²) >= 11 is 0. The van der Waals surface area contributed by atoms with Crippen LogP contribution in [0.4, 0.5) is 0 Å². The molecule has 0 aliphatic heterocycles. The highest BCUT2D eigenvalue weighted by molar-refractivity contribution is 5.97. The van der Waals surface area contributed by atoms with E-state index in [4.69, 9.17) is 15.9 Å². The van der Waals surface area contributed by atoms with Gasteiger partial charge in [-0.25, -0.2) is 0 Å². The molecule has 0 amide bonds. The second-order valence-corrected chi connectivity index (χ2v) is 4.58. The minimum Gasteiger partial charge on any atom is -0.496 e. The van der Waals surface area contributed by atoms with Crippen LogP contribution in [-0.2, 0) is 5.41 Å². The maximum absolute atomic E-state index is 7.48. The van der Waals surface area contributed by atoms with Crippen LogP contribution in [0, 0.1) is 5.41 Å². The van der Waals surface area contributed by atoms with Gasteiger partial charge in [-0.2, -0.15) is 0 Å². The van der Waals surface area contributed by atoms with Crippen molar-refractivity contribution < 1.29 is 4.74 Å². The van der Waals surface area contributed by atoms with Crippen molar-refractivity contribution in [3.63, 3.8) is 0 Å². The number of nitrogen functional groups attached to an aromatic ring is 1. The molecule has 1 rings (SSSR count). The molecule has 0 heterocycles. The molecule has 3 nitrogen and oxygen atoms in total. The summed E-state index contributed by atoms with van der Waals surface area (Å²) in [7, 11) is 1.58. The molecule has 0 atom stereocenters. The second-order valence-electron chi connectivity index (χ2n) is 4.58. The van der Waals surface area contributed by atoms with Crippen molar-refractivity contribution in [1.29, 1.82) is 5.41 Å². The Morgan fingerprint density at radius 2 is 1.76 bits per heavy atom. The number of nitrogens with one attached hydrogen (secondary N) is 1. The van der Waals surface area contributed by atoms with Gasteiger partial charge in [0.1, 0.15) is 11.6 Å². The molecule has 1 aromatic rings. The number of amidine groups is 1. The molecular weight excluding hydrogens is 259 g/mol. The Bertz CT molecular complexity index is 387. The van der Waals surface area contributed by atoms with Crippen LogP contribution < -0.4 is 10.5 Å². The summed E-state index contributed by atoms with van der Waals surface area (Å²) in [5, 5.41) is 7.48. The molecule has 0 aliphatic carbocycles. The van der Waals surface area contributed by atoms with Crippen molar-refractivity contribution in [3.8, 4) is 5.75 Å². The van der Waals surface area contributed by atoms with Crippen molar-refractivity contribution >= 4 is 30.6 Å². The number of halogens is 2. The fourth-order valence-corrected chi connectivity index (χ4v) is 1.38. The first-order chi connectivity index (χ1) is 6.86. The van der Waals surface area contributed by atoms with E-state index in [0.29, 0.717) is 11.3 Å². The van der Waals surface area contributed by atoms with E-state index < -0.39 is 0 Å². The van der Waals surface area contributed by atoms with Crippen molar-refractivity contribution in [2.45, 2.75) is 26.2 Å². The van der Waals surface area contributed by atoms with Crippen LogP contribution in [0.15, 0.2) is 18.2 Å². The number of benzene rings is 1. The molecule has 0 unspecified atom stereocenters. The van der Waals surface area contributed by atoms with E-state index in [1.807, 2.05) is 18.2 Å². The molecule has 0 saturated carbocycles. The van der Waals surface area contributed by atoms with E-state index in [2.05, 4.69) is 20.8 Å². The summed E-state index contributed by atoms with van der Waals surface area (Å²) in [5.74, 6) is 0.688. The molecule has 0 spiro atoms. The Balaban J connectivity index is 0. The van der Waals surface area contributed by atoms with Gasteiger partial charge >= 0.3 is 0 Å². The fraction of sp³-hybridized carbons (Fsp3) is 0.417. The Labute approximate surface area is 115 Å². The second kappa shape index (κ2) is 6.72. The molecule has 5 heteroatoms. The Morgan fingerprint density at radius 3 is 2.12 bits per heavy atom. The van der Waals surface area contributed by atoms with E-state index in [1.54, 1.807) is 7.11 Å². The highest BCUT2D eigenvalue weighted by Crippen LogP contribution is 2.27. The largest absolute Gasteiger partial charge is 0.496 e. The maximum Gasteiger partial charge on any atom is 0.129 e. The van der Waals surface area contributed by atoms with Crippen molar-refractivity contribution in [2.75, 3.05) is 7.11 Å². The first kappa shape index (κ1) is 18.4. The SMILES string of the molecule is COc1ccc(C(C)(C)C)cc1C(=N)N.Cl.Cl. The van der Waals surface area contributed by atoms with E-state index in [9.17, 15) is 0 Å². The molecule has 17 heavy (non-hydrogen) atoms. The van der Waals surface area contributed by atoms with E-state index in [1.165, 1.54) is 0 Å². The van der Waals surface area contributed by atoms with Gasteiger partial charge in [0.25, 0.3) is 0 Å². The average Bonchev–Trinajstić information content (AvgIpc) is 2.15. The lowest BCUT2D eigenvalue weighted by Crippen LogP contribution is -2.16. The van der Waals surface area contributed by atoms with Crippen molar-refractivity contribution in [2.24, 2.45) is 5.73 Å². The third-order valence-corrected chi connectivity index (χ3v) is 2.36. The lowest BCUT2D eigenvalue weighted by atomic mass is 9.86. The normalized spacial score (nSPS) is 9.88. The number of nitrogens with two attached hydrogens (primary N) is 1. The fourth-order valence-electron chi connectivity index (χ4n) is 1.38. The third kappa shape index (κ3) is 4.44. The highest BCUT2D eigenvalue weighted by Gasteiger charge is 2.16. The monoisotopic (exact) mass is 278 g/mol. The summed E-state index contributed by atoms with van der Waals surface area (Å²) in [6.45, 7) is 6.37. The first-order valence-electron chi connectivity index (χ1n) is 4.89. The minimum atomic E-state index is 0. The molecule has 98 valence electrons. The Hall–Kier alpha value is -0.930. The molecule has 0 aromatic heterocycles. The highest BCUT2D eigenvalue weighted by atomic mass is 35.5. The number of ether oxygens (including phenoxy) is 1. The molecule has 0 aliphatic rings. The predicted molar refractivity (Wildman–Crippen MR) is 77.2 cm³/mol. The Morgan fingerprint density at radius 1 is 1.24 bits per heavy atom. The summed E-state index contributed by atoms with van der Waals surface area (Å²) in [5.41, 5.74) is 7.36. The molecule has 0 fully saturated rings. The van der Waals surface area contributed by atoms with E-state index in [0.717, 1.165) is 5.56 Å². The first-order valence-corrected chi connectivity index (χ1v) is 4.89. The quantitative estimate of drug-likeness (QED) is 0.645. The molecule has 3 N–H and O–H groups in total. The van der Waals surface area contributed by atoms with Gasteiger partial charge in [0, 0.05) is 0 Å². The zero-order valence-corrected chi connectivity index (χ0v) is 12.2. The third-order valence-electron chi connectivity index (χ3n) is 2.36. The lowest BCUT2D eigenvalue weighted by molar-refractivity contribution is 0.413. The summed E-state index contributed by atoms with van der Waals surface area (Å²) < 4.78 is 5.15. The van der Waals surface area contributed by atoms with Crippen LogP contribution >= 0.6 is 24.8 Å². The molecule has 0 radical (unpaired) electrons. The van der Waals surface area contributed by atoms with Gasteiger partial charge in [0.05, 0.1) is 12.7 Å². The maximum atomic E-state index is 7.48. The van der Waals surface area contributed by atoms with Crippen molar-refractivity contribution in [3.05, 3.63) is 29.3 Å². The number of methoxy groups -OCH3 is 1. The zero-order chi connectivity index (χ0) is 11.6. The van der Waals surface area contributed by atoms with Crippen LogP contribution in [0.2, 0.25) is 0 Å². The number of hydrogen-bond donors (Lipinski definition) is 2. The molecule has 0 bridgehead atoms. The lowest BCUT2D eigenvalue weighted by Gasteiger charge is -2.20. The van der Waals surface area contributed by atoms with Gasteiger partial charge in [-0.1, -0.05) is 26.8 Å². The van der Waals surface area contributed by atoms with E-state index >= 15 is 0 Å². The van der Waals surface area contributed by atoms with Crippen LogP contribution in [-0.4, -0.2) is 12.9 Å². The van der Waals surface area contributed by atoms with Gasteiger partial charge in [-0.05, 0) is 23.1 Å². The van der Waals surface area contributed by atoms with Crippen LogP contribution in [0.5, 0.6) is 5.75 Å². The standard InChI is InChI=1S/C12H18N2O.2ClH/c1-12(2,3)8-5-6-10(15-4)9(7-8)11(13)14;;/h5-7H,1-4H3,(H3,13,14);2*1H. The molecular formula is C12H20Cl2N2O. The van der Waals surface area contributed by atoms with Crippen LogP contribution in [0.25, 0.3) is 0 Å². The van der Waals surface area contributed by atoms with Gasteiger partial charge < -0.3 is 10.5 Å². The van der Waals surface area contributed by atoms with Gasteiger partial charge in [0.15, 0.2) is 0 Å².